The van der Waals surface area contributed by atoms with Gasteiger partial charge in [0.05, 0.1) is 0 Å². The molecule has 122 valence electrons. The molecule has 0 aliphatic carbocycles. The van der Waals surface area contributed by atoms with Crippen LogP contribution in [0.1, 0.15) is 26.3 Å². The fraction of sp³-hybridized carbons (Fsp3) is 0.533. The number of carbonyl (C=O) groups is 2. The standard InChI is InChI=1S/C15H22N2O4S/c1-15(2,3)21-14(20)17-12(13(18)19)10-22-9-6-11-4-7-16-8-5-11/h4-5,7-8,12H,6,9-10H2,1-3H3,(H,17,20)(H,18,19)/t12-/m0/s1. The Kier molecular flexibility index (Phi) is 7.17. The molecule has 1 amide bonds. The third kappa shape index (κ3) is 7.87. The lowest BCUT2D eigenvalue weighted by molar-refractivity contribution is -0.138. The van der Waals surface area contributed by atoms with Crippen LogP contribution >= 0.6 is 11.8 Å². The van der Waals surface area contributed by atoms with Crippen molar-refractivity contribution in [3.8, 4) is 0 Å². The smallest absolute Gasteiger partial charge is 0.408 e. The van der Waals surface area contributed by atoms with Crippen LogP contribution in [-0.4, -0.2) is 45.3 Å². The highest BCUT2D eigenvalue weighted by atomic mass is 32.2. The first-order valence-electron chi connectivity index (χ1n) is 6.97. The molecular formula is C15H22N2O4S. The van der Waals surface area contributed by atoms with Crippen LogP contribution in [0.25, 0.3) is 0 Å². The predicted octanol–water partition coefficient (Wildman–Crippen LogP) is 2.34. The van der Waals surface area contributed by atoms with Crippen LogP contribution in [0.4, 0.5) is 4.79 Å². The second kappa shape index (κ2) is 8.63. The maximum atomic E-state index is 11.6. The van der Waals surface area contributed by atoms with E-state index in [1.165, 1.54) is 11.8 Å². The number of carbonyl (C=O) groups excluding carboxylic acids is 1. The molecule has 22 heavy (non-hydrogen) atoms. The summed E-state index contributed by atoms with van der Waals surface area (Å²) in [6, 6.07) is 2.89. The first-order chi connectivity index (χ1) is 10.3. The Balaban J connectivity index is 2.35. The van der Waals surface area contributed by atoms with Gasteiger partial charge < -0.3 is 15.2 Å². The fourth-order valence-electron chi connectivity index (χ4n) is 1.57. The molecule has 1 aromatic heterocycles. The number of hydrogen-bond donors (Lipinski definition) is 2. The Bertz CT molecular complexity index is 488. The number of aliphatic carboxylic acids is 1. The molecule has 1 rings (SSSR count). The molecule has 0 fully saturated rings. The zero-order valence-corrected chi connectivity index (χ0v) is 13.9. The molecule has 0 aliphatic rings. The average molecular weight is 326 g/mol. The van der Waals surface area contributed by atoms with E-state index in [1.54, 1.807) is 33.2 Å². The Morgan fingerprint density at radius 3 is 2.55 bits per heavy atom. The van der Waals surface area contributed by atoms with E-state index in [0.29, 0.717) is 5.75 Å². The molecule has 0 saturated heterocycles. The van der Waals surface area contributed by atoms with E-state index in [2.05, 4.69) is 10.3 Å². The molecule has 1 atom stereocenters. The van der Waals surface area contributed by atoms with E-state index in [9.17, 15) is 9.59 Å². The van der Waals surface area contributed by atoms with E-state index in [1.807, 2.05) is 12.1 Å². The number of nitrogens with zero attached hydrogens (tertiary/aromatic N) is 1. The predicted molar refractivity (Wildman–Crippen MR) is 86.1 cm³/mol. The van der Waals surface area contributed by atoms with Gasteiger partial charge >= 0.3 is 12.1 Å². The monoisotopic (exact) mass is 326 g/mol. The topological polar surface area (TPSA) is 88.5 Å². The van der Waals surface area contributed by atoms with Gasteiger partial charge in [0, 0.05) is 18.1 Å². The SMILES string of the molecule is CC(C)(C)OC(=O)N[C@@H](CSCCc1ccncc1)C(=O)O. The van der Waals surface area contributed by atoms with Gasteiger partial charge in [0.1, 0.15) is 11.6 Å². The number of nitrogens with one attached hydrogen (secondary N) is 1. The number of rotatable bonds is 7. The number of thioether (sulfide) groups is 1. The van der Waals surface area contributed by atoms with Gasteiger partial charge in [-0.05, 0) is 50.6 Å². The lowest BCUT2D eigenvalue weighted by Crippen LogP contribution is -2.45. The molecule has 1 aromatic rings. The number of aromatic nitrogens is 1. The molecule has 7 heteroatoms. The maximum absolute atomic E-state index is 11.6. The van der Waals surface area contributed by atoms with Gasteiger partial charge in [0.25, 0.3) is 0 Å². The molecule has 0 saturated carbocycles. The molecule has 2 N–H and O–H groups in total. The minimum Gasteiger partial charge on any atom is -0.480 e. The van der Waals surface area contributed by atoms with Crippen molar-refractivity contribution in [3.63, 3.8) is 0 Å². The van der Waals surface area contributed by atoms with Crippen molar-refractivity contribution in [2.75, 3.05) is 11.5 Å². The highest BCUT2D eigenvalue weighted by Crippen LogP contribution is 2.10. The molecule has 0 unspecified atom stereocenters. The summed E-state index contributed by atoms with van der Waals surface area (Å²) in [5.74, 6) is -0.00836. The van der Waals surface area contributed by atoms with E-state index in [0.717, 1.165) is 17.7 Å². The number of carboxylic acids is 1. The van der Waals surface area contributed by atoms with Gasteiger partial charge in [-0.2, -0.15) is 11.8 Å². The van der Waals surface area contributed by atoms with Crippen molar-refractivity contribution >= 4 is 23.8 Å². The summed E-state index contributed by atoms with van der Waals surface area (Å²) in [5.41, 5.74) is 0.496. The third-order valence-corrected chi connectivity index (χ3v) is 3.62. The number of carboxylic acid groups (broad SMARTS) is 1. The Labute approximate surface area is 134 Å². The van der Waals surface area contributed by atoms with Crippen molar-refractivity contribution in [2.24, 2.45) is 0 Å². The zero-order valence-electron chi connectivity index (χ0n) is 13.0. The van der Waals surface area contributed by atoms with Gasteiger partial charge in [0.2, 0.25) is 0 Å². The first kappa shape index (κ1) is 18.3. The molecule has 0 spiro atoms. The molecule has 1 heterocycles. The molecule has 0 aliphatic heterocycles. The Hall–Kier alpha value is -1.76. The molecule has 6 nitrogen and oxygen atoms in total. The van der Waals surface area contributed by atoms with E-state index in [-0.39, 0.29) is 0 Å². The van der Waals surface area contributed by atoms with Crippen LogP contribution in [0.5, 0.6) is 0 Å². The molecular weight excluding hydrogens is 304 g/mol. The number of pyridine rings is 1. The largest absolute Gasteiger partial charge is 0.480 e. The summed E-state index contributed by atoms with van der Waals surface area (Å²) in [6.45, 7) is 5.18. The summed E-state index contributed by atoms with van der Waals surface area (Å²) in [6.07, 6.45) is 3.56. The minimum absolute atomic E-state index is 0.291. The Morgan fingerprint density at radius 2 is 2.00 bits per heavy atom. The van der Waals surface area contributed by atoms with Crippen molar-refractivity contribution in [2.45, 2.75) is 38.8 Å². The maximum Gasteiger partial charge on any atom is 0.408 e. The van der Waals surface area contributed by atoms with E-state index in [4.69, 9.17) is 9.84 Å². The normalized spacial score (nSPS) is 12.5. The summed E-state index contributed by atoms with van der Waals surface area (Å²) < 4.78 is 5.06. The number of amides is 1. The lowest BCUT2D eigenvalue weighted by Gasteiger charge is -2.21. The van der Waals surface area contributed by atoms with E-state index < -0.39 is 23.7 Å². The summed E-state index contributed by atoms with van der Waals surface area (Å²) in [7, 11) is 0. The van der Waals surface area contributed by atoms with Gasteiger partial charge in [-0.3, -0.25) is 4.98 Å². The fourth-order valence-corrected chi connectivity index (χ4v) is 2.57. The summed E-state index contributed by atoms with van der Waals surface area (Å²) in [4.78, 5) is 26.7. The number of ether oxygens (including phenoxy) is 1. The van der Waals surface area contributed by atoms with Gasteiger partial charge in [-0.15, -0.1) is 0 Å². The van der Waals surface area contributed by atoms with Gasteiger partial charge in [-0.1, -0.05) is 0 Å². The summed E-state index contributed by atoms with van der Waals surface area (Å²) >= 11 is 1.47. The van der Waals surface area contributed by atoms with Crippen molar-refractivity contribution < 1.29 is 19.4 Å². The van der Waals surface area contributed by atoms with Crippen LogP contribution in [0.15, 0.2) is 24.5 Å². The summed E-state index contributed by atoms with van der Waals surface area (Å²) in [5, 5.41) is 11.5. The van der Waals surface area contributed by atoms with Crippen LogP contribution in [-0.2, 0) is 16.0 Å². The van der Waals surface area contributed by atoms with Gasteiger partial charge in [0.15, 0.2) is 0 Å². The van der Waals surface area contributed by atoms with Crippen molar-refractivity contribution in [3.05, 3.63) is 30.1 Å². The number of hydrogen-bond acceptors (Lipinski definition) is 5. The van der Waals surface area contributed by atoms with Crippen molar-refractivity contribution in [1.82, 2.24) is 10.3 Å². The highest BCUT2D eigenvalue weighted by molar-refractivity contribution is 7.99. The average Bonchev–Trinajstić information content (AvgIpc) is 2.41. The number of alkyl carbamates (subject to hydrolysis) is 1. The van der Waals surface area contributed by atoms with E-state index >= 15 is 0 Å². The quantitative estimate of drug-likeness (QED) is 0.748. The second-order valence-electron chi connectivity index (χ2n) is 5.72. The highest BCUT2D eigenvalue weighted by Gasteiger charge is 2.23. The van der Waals surface area contributed by atoms with Crippen LogP contribution < -0.4 is 5.32 Å². The molecule has 0 radical (unpaired) electrons. The number of aryl methyl sites for hydroxylation is 1. The minimum atomic E-state index is -1.07. The van der Waals surface area contributed by atoms with Crippen LogP contribution in [0.2, 0.25) is 0 Å². The third-order valence-electron chi connectivity index (χ3n) is 2.56. The molecule has 0 aromatic carbocycles. The molecule has 0 bridgehead atoms. The van der Waals surface area contributed by atoms with Crippen LogP contribution in [0, 0.1) is 0 Å². The van der Waals surface area contributed by atoms with Crippen molar-refractivity contribution in [1.29, 1.82) is 0 Å². The first-order valence-corrected chi connectivity index (χ1v) is 8.12. The second-order valence-corrected chi connectivity index (χ2v) is 6.87. The lowest BCUT2D eigenvalue weighted by atomic mass is 10.2. The zero-order chi connectivity index (χ0) is 16.6. The Morgan fingerprint density at radius 1 is 1.36 bits per heavy atom. The van der Waals surface area contributed by atoms with Crippen LogP contribution in [0.3, 0.4) is 0 Å². The van der Waals surface area contributed by atoms with Gasteiger partial charge in [-0.25, -0.2) is 9.59 Å².